The van der Waals surface area contributed by atoms with Gasteiger partial charge in [-0.1, -0.05) is 39.0 Å². The van der Waals surface area contributed by atoms with E-state index in [1.807, 2.05) is 18.2 Å². The van der Waals surface area contributed by atoms with Crippen LogP contribution in [0.15, 0.2) is 42.5 Å². The van der Waals surface area contributed by atoms with Crippen LogP contribution < -0.4 is 10.5 Å². The van der Waals surface area contributed by atoms with Crippen molar-refractivity contribution < 1.29 is 9.13 Å². The van der Waals surface area contributed by atoms with E-state index < -0.39 is 6.04 Å². The van der Waals surface area contributed by atoms with Gasteiger partial charge in [-0.15, -0.1) is 0 Å². The van der Waals surface area contributed by atoms with E-state index in [4.69, 9.17) is 10.5 Å². The Bertz CT molecular complexity index is 629. The maximum absolute atomic E-state index is 13.9. The zero-order valence-electron chi connectivity index (χ0n) is 13.0. The van der Waals surface area contributed by atoms with E-state index in [9.17, 15) is 4.39 Å². The zero-order valence-corrected chi connectivity index (χ0v) is 13.0. The summed E-state index contributed by atoms with van der Waals surface area (Å²) in [5.41, 5.74) is 7.45. The second kappa shape index (κ2) is 5.86. The summed E-state index contributed by atoms with van der Waals surface area (Å²) >= 11 is 0. The minimum atomic E-state index is -0.424. The normalized spacial score (nSPS) is 13.0. The van der Waals surface area contributed by atoms with Crippen LogP contribution in [0.25, 0.3) is 0 Å². The molecule has 21 heavy (non-hydrogen) atoms. The largest absolute Gasteiger partial charge is 0.457 e. The van der Waals surface area contributed by atoms with E-state index in [0.29, 0.717) is 17.1 Å². The highest BCUT2D eigenvalue weighted by Crippen LogP contribution is 2.32. The lowest BCUT2D eigenvalue weighted by molar-refractivity contribution is 0.458. The molecule has 0 aliphatic rings. The molecule has 0 aromatic heterocycles. The molecule has 1 unspecified atom stereocenters. The first-order valence-corrected chi connectivity index (χ1v) is 7.11. The Labute approximate surface area is 125 Å². The molecule has 0 spiro atoms. The van der Waals surface area contributed by atoms with Crippen LogP contribution in [0.1, 0.15) is 44.9 Å². The summed E-state index contributed by atoms with van der Waals surface area (Å²) in [6.07, 6.45) is 0. The molecule has 112 valence electrons. The first-order valence-electron chi connectivity index (χ1n) is 7.11. The fourth-order valence-electron chi connectivity index (χ4n) is 2.20. The predicted molar refractivity (Wildman–Crippen MR) is 84.2 cm³/mol. The lowest BCUT2D eigenvalue weighted by Gasteiger charge is -2.20. The van der Waals surface area contributed by atoms with Gasteiger partial charge in [0.25, 0.3) is 0 Å². The van der Waals surface area contributed by atoms with Gasteiger partial charge in [-0.25, -0.2) is 4.39 Å². The number of halogens is 1. The van der Waals surface area contributed by atoms with Gasteiger partial charge in [0.1, 0.15) is 17.3 Å². The van der Waals surface area contributed by atoms with Crippen molar-refractivity contribution in [2.75, 3.05) is 0 Å². The van der Waals surface area contributed by atoms with Crippen molar-refractivity contribution in [3.8, 4) is 11.5 Å². The monoisotopic (exact) mass is 287 g/mol. The fourth-order valence-corrected chi connectivity index (χ4v) is 2.20. The summed E-state index contributed by atoms with van der Waals surface area (Å²) in [6, 6.07) is 12.2. The highest BCUT2D eigenvalue weighted by molar-refractivity contribution is 5.42. The average molecular weight is 287 g/mol. The second-order valence-electron chi connectivity index (χ2n) is 6.32. The van der Waals surface area contributed by atoms with E-state index in [-0.39, 0.29) is 11.2 Å². The fraction of sp³-hybridized carbons (Fsp3) is 0.333. The van der Waals surface area contributed by atoms with Crippen LogP contribution >= 0.6 is 0 Å². The Morgan fingerprint density at radius 2 is 1.76 bits per heavy atom. The summed E-state index contributed by atoms with van der Waals surface area (Å²) in [4.78, 5) is 0. The maximum Gasteiger partial charge on any atom is 0.135 e. The van der Waals surface area contributed by atoms with Gasteiger partial charge in [0.2, 0.25) is 0 Å². The topological polar surface area (TPSA) is 35.2 Å². The van der Waals surface area contributed by atoms with Crippen LogP contribution in [-0.2, 0) is 5.41 Å². The molecule has 2 rings (SSSR count). The van der Waals surface area contributed by atoms with Crippen molar-refractivity contribution in [1.82, 2.24) is 0 Å². The minimum absolute atomic E-state index is 0.0330. The van der Waals surface area contributed by atoms with Crippen LogP contribution in [0.4, 0.5) is 4.39 Å². The van der Waals surface area contributed by atoms with Crippen LogP contribution in [0.2, 0.25) is 0 Å². The number of hydrogen-bond acceptors (Lipinski definition) is 2. The third-order valence-corrected chi connectivity index (χ3v) is 3.40. The van der Waals surface area contributed by atoms with E-state index in [2.05, 4.69) is 26.8 Å². The van der Waals surface area contributed by atoms with Gasteiger partial charge in [-0.2, -0.15) is 0 Å². The molecule has 2 nitrogen and oxygen atoms in total. The Morgan fingerprint density at radius 1 is 1.10 bits per heavy atom. The van der Waals surface area contributed by atoms with Crippen LogP contribution in [0.5, 0.6) is 11.5 Å². The van der Waals surface area contributed by atoms with Gasteiger partial charge in [0.05, 0.1) is 0 Å². The van der Waals surface area contributed by atoms with Crippen molar-refractivity contribution in [3.63, 3.8) is 0 Å². The highest BCUT2D eigenvalue weighted by atomic mass is 19.1. The van der Waals surface area contributed by atoms with Gasteiger partial charge in [0, 0.05) is 11.6 Å². The molecular formula is C18H22FNO. The number of ether oxygens (including phenoxy) is 1. The minimum Gasteiger partial charge on any atom is -0.457 e. The molecule has 0 saturated heterocycles. The van der Waals surface area contributed by atoms with Crippen molar-refractivity contribution >= 4 is 0 Å². The summed E-state index contributed by atoms with van der Waals surface area (Å²) in [5.74, 6) is 0.820. The van der Waals surface area contributed by atoms with Crippen LogP contribution in [0, 0.1) is 5.82 Å². The van der Waals surface area contributed by atoms with Crippen molar-refractivity contribution in [2.45, 2.75) is 39.2 Å². The SMILES string of the molecule is CC(N)c1c(F)cccc1Oc1cccc(C(C)(C)C)c1. The van der Waals surface area contributed by atoms with E-state index in [0.717, 1.165) is 0 Å². The lowest BCUT2D eigenvalue weighted by Crippen LogP contribution is -2.11. The van der Waals surface area contributed by atoms with E-state index in [1.165, 1.54) is 11.6 Å². The summed E-state index contributed by atoms with van der Waals surface area (Å²) in [7, 11) is 0. The molecule has 2 N–H and O–H groups in total. The second-order valence-corrected chi connectivity index (χ2v) is 6.32. The number of benzene rings is 2. The zero-order chi connectivity index (χ0) is 15.6. The van der Waals surface area contributed by atoms with Crippen LogP contribution in [0.3, 0.4) is 0 Å². The molecule has 2 aromatic carbocycles. The summed E-state index contributed by atoms with van der Waals surface area (Å²) in [6.45, 7) is 8.17. The maximum atomic E-state index is 13.9. The Hall–Kier alpha value is -1.87. The van der Waals surface area contributed by atoms with Crippen molar-refractivity contribution in [3.05, 3.63) is 59.4 Å². The average Bonchev–Trinajstić information content (AvgIpc) is 2.37. The molecule has 0 aliphatic carbocycles. The van der Waals surface area contributed by atoms with Gasteiger partial charge >= 0.3 is 0 Å². The molecule has 0 radical (unpaired) electrons. The summed E-state index contributed by atoms with van der Waals surface area (Å²) in [5, 5.41) is 0. The Kier molecular flexibility index (Phi) is 4.33. The predicted octanol–water partition coefficient (Wildman–Crippen LogP) is 4.94. The smallest absolute Gasteiger partial charge is 0.135 e. The first-order chi connectivity index (χ1) is 9.79. The molecule has 1 atom stereocenters. The molecule has 0 heterocycles. The Balaban J connectivity index is 2.37. The molecular weight excluding hydrogens is 265 g/mol. The van der Waals surface area contributed by atoms with Crippen molar-refractivity contribution in [2.24, 2.45) is 5.73 Å². The van der Waals surface area contributed by atoms with Crippen molar-refractivity contribution in [1.29, 1.82) is 0 Å². The third kappa shape index (κ3) is 3.61. The third-order valence-electron chi connectivity index (χ3n) is 3.40. The standard InChI is InChI=1S/C18H22FNO/c1-12(20)17-15(19)9-6-10-16(17)21-14-8-5-7-13(11-14)18(2,3)4/h5-12H,20H2,1-4H3. The van der Waals surface area contributed by atoms with Crippen LogP contribution in [-0.4, -0.2) is 0 Å². The molecule has 3 heteroatoms. The highest BCUT2D eigenvalue weighted by Gasteiger charge is 2.16. The molecule has 2 aromatic rings. The van der Waals surface area contributed by atoms with Gasteiger partial charge in [0.15, 0.2) is 0 Å². The van der Waals surface area contributed by atoms with E-state index >= 15 is 0 Å². The molecule has 0 fully saturated rings. The van der Waals surface area contributed by atoms with Gasteiger partial charge in [-0.3, -0.25) is 0 Å². The first kappa shape index (κ1) is 15.5. The lowest BCUT2D eigenvalue weighted by atomic mass is 9.87. The molecule has 0 amide bonds. The van der Waals surface area contributed by atoms with E-state index in [1.54, 1.807) is 19.1 Å². The van der Waals surface area contributed by atoms with Gasteiger partial charge < -0.3 is 10.5 Å². The number of rotatable bonds is 3. The summed E-state index contributed by atoms with van der Waals surface area (Å²) < 4.78 is 19.8. The van der Waals surface area contributed by atoms with Gasteiger partial charge in [-0.05, 0) is 42.2 Å². The molecule has 0 aliphatic heterocycles. The Morgan fingerprint density at radius 3 is 2.38 bits per heavy atom. The number of nitrogens with two attached hydrogens (primary N) is 1. The quantitative estimate of drug-likeness (QED) is 0.868. The number of hydrogen-bond donors (Lipinski definition) is 1. The molecule has 0 bridgehead atoms. The molecule has 0 saturated carbocycles.